The maximum Gasteiger partial charge on any atom is 0.265 e. The summed E-state index contributed by atoms with van der Waals surface area (Å²) >= 11 is 0. The molecule has 132 valence electrons. The second-order valence-corrected chi connectivity index (χ2v) is 5.64. The summed E-state index contributed by atoms with van der Waals surface area (Å²) in [5, 5.41) is 0. The molecular weight excluding hydrogens is 349 g/mol. The minimum atomic E-state index is -1.09. The minimum absolute atomic E-state index is 0. The average Bonchev–Trinajstić information content (AvgIpc) is 2.59. The molecular formula is C17H17ClFN3O3. The summed E-state index contributed by atoms with van der Waals surface area (Å²) in [4.78, 5) is 25.8. The van der Waals surface area contributed by atoms with Gasteiger partial charge in [-0.25, -0.2) is 10.2 Å². The van der Waals surface area contributed by atoms with E-state index in [1.807, 2.05) is 5.43 Å². The summed E-state index contributed by atoms with van der Waals surface area (Å²) in [5.74, 6) is 4.28. The zero-order valence-corrected chi connectivity index (χ0v) is 14.4. The Morgan fingerprint density at radius 2 is 1.88 bits per heavy atom. The zero-order chi connectivity index (χ0) is 17.5. The quantitative estimate of drug-likeness (QED) is 0.485. The van der Waals surface area contributed by atoms with Gasteiger partial charge in [-0.2, -0.15) is 0 Å². The van der Waals surface area contributed by atoms with Crippen LogP contribution in [0.1, 0.15) is 33.2 Å². The number of carbonyl (C=O) groups excluding carboxylic acids is 2. The van der Waals surface area contributed by atoms with Crippen LogP contribution < -0.4 is 16.0 Å². The zero-order valence-electron chi connectivity index (χ0n) is 13.6. The lowest BCUT2D eigenvalue weighted by Crippen LogP contribution is -2.52. The number of ether oxygens (including phenoxy) is 1. The number of amides is 2. The van der Waals surface area contributed by atoms with Crippen molar-refractivity contribution in [2.75, 3.05) is 7.05 Å². The van der Waals surface area contributed by atoms with E-state index in [1.54, 1.807) is 32.2 Å². The third kappa shape index (κ3) is 3.04. The highest BCUT2D eigenvalue weighted by atomic mass is 35.5. The van der Waals surface area contributed by atoms with Gasteiger partial charge in [-0.3, -0.25) is 19.9 Å². The second kappa shape index (κ2) is 6.70. The van der Waals surface area contributed by atoms with Crippen LogP contribution in [-0.4, -0.2) is 23.8 Å². The van der Waals surface area contributed by atoms with Gasteiger partial charge in [-0.05, 0) is 37.3 Å². The van der Waals surface area contributed by atoms with Gasteiger partial charge < -0.3 is 4.74 Å². The van der Waals surface area contributed by atoms with E-state index < -0.39 is 11.6 Å². The highest BCUT2D eigenvalue weighted by molar-refractivity contribution is 6.02. The van der Waals surface area contributed by atoms with Gasteiger partial charge in [-0.15, -0.1) is 12.4 Å². The Bertz CT molecular complexity index is 828. The SMILES string of the molecule is CN1C(=O)c2cc(C(=O)NN)ccc2OC1(C)c1ccc(F)cc1.Cl. The number of halogens is 2. The fourth-order valence-electron chi connectivity index (χ4n) is 2.68. The number of nitrogens with one attached hydrogen (secondary N) is 1. The van der Waals surface area contributed by atoms with Gasteiger partial charge in [0.15, 0.2) is 0 Å². The smallest absolute Gasteiger partial charge is 0.265 e. The van der Waals surface area contributed by atoms with Gasteiger partial charge in [0.1, 0.15) is 11.6 Å². The van der Waals surface area contributed by atoms with E-state index in [4.69, 9.17) is 10.6 Å². The number of carbonyl (C=O) groups is 2. The largest absolute Gasteiger partial charge is 0.463 e. The van der Waals surface area contributed by atoms with Crippen molar-refractivity contribution >= 4 is 24.2 Å². The minimum Gasteiger partial charge on any atom is -0.463 e. The fourth-order valence-corrected chi connectivity index (χ4v) is 2.68. The average molecular weight is 366 g/mol. The Morgan fingerprint density at radius 3 is 2.48 bits per heavy atom. The molecule has 3 rings (SSSR count). The first-order chi connectivity index (χ1) is 11.4. The lowest BCUT2D eigenvalue weighted by molar-refractivity contribution is -0.0556. The predicted octanol–water partition coefficient (Wildman–Crippen LogP) is 2.19. The van der Waals surface area contributed by atoms with Crippen molar-refractivity contribution in [3.05, 3.63) is 65.0 Å². The summed E-state index contributed by atoms with van der Waals surface area (Å²) in [6.45, 7) is 1.72. The van der Waals surface area contributed by atoms with Crippen LogP contribution in [-0.2, 0) is 5.72 Å². The van der Waals surface area contributed by atoms with Crippen molar-refractivity contribution in [2.24, 2.45) is 5.84 Å². The molecule has 1 aliphatic rings. The monoisotopic (exact) mass is 365 g/mol. The molecule has 2 aromatic carbocycles. The van der Waals surface area contributed by atoms with Crippen LogP contribution in [0.4, 0.5) is 4.39 Å². The van der Waals surface area contributed by atoms with Gasteiger partial charge in [0.05, 0.1) is 5.56 Å². The van der Waals surface area contributed by atoms with E-state index >= 15 is 0 Å². The van der Waals surface area contributed by atoms with E-state index in [0.717, 1.165) is 0 Å². The van der Waals surface area contributed by atoms with Crippen LogP contribution in [0.5, 0.6) is 5.75 Å². The van der Waals surface area contributed by atoms with Crippen molar-refractivity contribution in [2.45, 2.75) is 12.6 Å². The topological polar surface area (TPSA) is 84.7 Å². The molecule has 0 aromatic heterocycles. The maximum absolute atomic E-state index is 13.2. The molecule has 0 bridgehead atoms. The number of fused-ring (bicyclic) bond motifs is 1. The molecule has 1 atom stereocenters. The Labute approximate surface area is 150 Å². The molecule has 6 nitrogen and oxygen atoms in total. The number of nitrogen functional groups attached to an aromatic ring is 1. The number of hydrazine groups is 1. The Morgan fingerprint density at radius 1 is 1.24 bits per heavy atom. The first kappa shape index (κ1) is 18.7. The van der Waals surface area contributed by atoms with Crippen molar-refractivity contribution < 1.29 is 18.7 Å². The summed E-state index contributed by atoms with van der Waals surface area (Å²) < 4.78 is 19.2. The van der Waals surface area contributed by atoms with Crippen molar-refractivity contribution in [3.63, 3.8) is 0 Å². The standard InChI is InChI=1S/C17H16FN3O3.ClH/c1-17(11-4-6-12(18)7-5-11)21(2)16(23)13-9-10(15(22)20-19)3-8-14(13)24-17;/h3-9H,19H2,1-2H3,(H,20,22);1H. The second-order valence-electron chi connectivity index (χ2n) is 5.64. The van der Waals surface area contributed by atoms with E-state index in [0.29, 0.717) is 11.3 Å². The molecule has 1 unspecified atom stereocenters. The Kier molecular flexibility index (Phi) is 5.01. The molecule has 1 aliphatic heterocycles. The van der Waals surface area contributed by atoms with E-state index in [1.165, 1.54) is 29.2 Å². The Hall–Kier alpha value is -2.64. The first-order valence-electron chi connectivity index (χ1n) is 7.25. The number of hydrogen-bond acceptors (Lipinski definition) is 4. The molecule has 3 N–H and O–H groups in total. The number of hydrogen-bond donors (Lipinski definition) is 2. The van der Waals surface area contributed by atoms with Crippen LogP contribution in [0.3, 0.4) is 0 Å². The predicted molar refractivity (Wildman–Crippen MR) is 91.8 cm³/mol. The van der Waals surface area contributed by atoms with E-state index in [-0.39, 0.29) is 35.3 Å². The van der Waals surface area contributed by atoms with Crippen LogP contribution >= 0.6 is 12.4 Å². The highest BCUT2D eigenvalue weighted by Crippen LogP contribution is 2.39. The summed E-state index contributed by atoms with van der Waals surface area (Å²) in [6.07, 6.45) is 0. The molecule has 25 heavy (non-hydrogen) atoms. The normalized spacial score (nSPS) is 18.7. The molecule has 0 spiro atoms. The van der Waals surface area contributed by atoms with E-state index in [2.05, 4.69) is 0 Å². The van der Waals surface area contributed by atoms with E-state index in [9.17, 15) is 14.0 Å². The van der Waals surface area contributed by atoms with Gasteiger partial charge in [-0.1, -0.05) is 12.1 Å². The molecule has 0 aliphatic carbocycles. The molecule has 0 saturated carbocycles. The Balaban J connectivity index is 0.00000225. The molecule has 0 saturated heterocycles. The third-order valence-corrected chi connectivity index (χ3v) is 4.24. The van der Waals surface area contributed by atoms with Crippen LogP contribution in [0.25, 0.3) is 0 Å². The lowest BCUT2D eigenvalue weighted by Gasteiger charge is -2.43. The molecule has 0 radical (unpaired) electrons. The molecule has 1 heterocycles. The molecule has 2 amide bonds. The lowest BCUT2D eigenvalue weighted by atomic mass is 9.98. The molecule has 2 aromatic rings. The number of nitrogens with two attached hydrogens (primary N) is 1. The van der Waals surface area contributed by atoms with Crippen molar-refractivity contribution in [1.82, 2.24) is 10.3 Å². The first-order valence-corrected chi connectivity index (χ1v) is 7.25. The molecule has 0 fully saturated rings. The van der Waals surface area contributed by atoms with Crippen molar-refractivity contribution in [3.8, 4) is 5.75 Å². The molecule has 8 heteroatoms. The summed E-state index contributed by atoms with van der Waals surface area (Å²) in [6, 6.07) is 10.3. The summed E-state index contributed by atoms with van der Waals surface area (Å²) in [5.41, 5.74) is 2.09. The van der Waals surface area contributed by atoms with Gasteiger partial charge >= 0.3 is 0 Å². The van der Waals surface area contributed by atoms with Gasteiger partial charge in [0.25, 0.3) is 11.8 Å². The summed E-state index contributed by atoms with van der Waals surface area (Å²) in [7, 11) is 1.59. The highest BCUT2D eigenvalue weighted by Gasteiger charge is 2.42. The maximum atomic E-state index is 13.2. The van der Waals surface area contributed by atoms with Crippen LogP contribution in [0, 0.1) is 5.82 Å². The third-order valence-electron chi connectivity index (χ3n) is 4.24. The van der Waals surface area contributed by atoms with Crippen LogP contribution in [0.15, 0.2) is 42.5 Å². The number of benzene rings is 2. The van der Waals surface area contributed by atoms with Crippen LogP contribution in [0.2, 0.25) is 0 Å². The fraction of sp³-hybridized carbons (Fsp3) is 0.176. The number of nitrogens with zero attached hydrogens (tertiary/aromatic N) is 1. The van der Waals surface area contributed by atoms with Crippen molar-refractivity contribution in [1.29, 1.82) is 0 Å². The van der Waals surface area contributed by atoms with Gasteiger partial charge in [0.2, 0.25) is 5.72 Å². The van der Waals surface area contributed by atoms with Gasteiger partial charge in [0, 0.05) is 18.2 Å². The number of rotatable bonds is 2.